The zero-order chi connectivity index (χ0) is 15.5. The average Bonchev–Trinajstić information content (AvgIpc) is 2.90. The molecule has 2 atom stereocenters. The summed E-state index contributed by atoms with van der Waals surface area (Å²) in [5.74, 6) is 0.882. The summed E-state index contributed by atoms with van der Waals surface area (Å²) in [4.78, 5) is 10.3. The molecule has 0 bridgehead atoms. The molecule has 1 N–H and O–H groups in total. The van der Waals surface area contributed by atoms with E-state index in [1.165, 1.54) is 18.5 Å². The smallest absolute Gasteiger partial charge is 0.218 e. The lowest BCUT2D eigenvalue weighted by atomic mass is 10.0. The summed E-state index contributed by atoms with van der Waals surface area (Å²) >= 11 is 0. The highest BCUT2D eigenvalue weighted by molar-refractivity contribution is 5.46. The van der Waals surface area contributed by atoms with Gasteiger partial charge in [-0.3, -0.25) is 0 Å². The molecule has 1 aromatic heterocycles. The monoisotopic (exact) mass is 303 g/mol. The quantitative estimate of drug-likeness (QED) is 0.939. The predicted octanol–water partition coefficient (Wildman–Crippen LogP) is 2.33. The number of nitrogens with zero attached hydrogens (tertiary/aromatic N) is 3. The topological polar surface area (TPSA) is 58.5 Å². The van der Waals surface area contributed by atoms with E-state index < -0.39 is 6.10 Å². The van der Waals surface area contributed by atoms with Crippen LogP contribution in [0.1, 0.15) is 24.9 Å². The van der Waals surface area contributed by atoms with Crippen LogP contribution in [-0.2, 0) is 0 Å². The van der Waals surface area contributed by atoms with E-state index in [9.17, 15) is 9.50 Å². The highest BCUT2D eigenvalue weighted by atomic mass is 19.1. The largest absolute Gasteiger partial charge is 0.478 e. The summed E-state index contributed by atoms with van der Waals surface area (Å²) in [5.41, 5.74) is 0.827. The minimum absolute atomic E-state index is 0.116. The SMILES string of the molecule is CCOc1cc(N2CC(O)CC2c2cccc(F)c2)ncn1. The molecule has 0 radical (unpaired) electrons. The van der Waals surface area contributed by atoms with Gasteiger partial charge in [0.1, 0.15) is 18.0 Å². The molecule has 2 aromatic rings. The number of benzene rings is 1. The molecule has 0 amide bonds. The lowest BCUT2D eigenvalue weighted by Gasteiger charge is -2.25. The number of rotatable bonds is 4. The van der Waals surface area contributed by atoms with Gasteiger partial charge in [-0.05, 0) is 31.0 Å². The van der Waals surface area contributed by atoms with Crippen molar-refractivity contribution in [3.05, 3.63) is 48.0 Å². The van der Waals surface area contributed by atoms with Crippen molar-refractivity contribution in [1.29, 1.82) is 0 Å². The maximum absolute atomic E-state index is 13.5. The van der Waals surface area contributed by atoms with E-state index in [-0.39, 0.29) is 11.9 Å². The van der Waals surface area contributed by atoms with Crippen LogP contribution in [0.25, 0.3) is 0 Å². The van der Waals surface area contributed by atoms with Gasteiger partial charge in [0.05, 0.1) is 18.8 Å². The first kappa shape index (κ1) is 14.7. The number of aliphatic hydroxyl groups is 1. The van der Waals surface area contributed by atoms with Gasteiger partial charge in [0, 0.05) is 12.6 Å². The molecule has 1 fully saturated rings. The van der Waals surface area contributed by atoms with E-state index in [0.29, 0.717) is 31.3 Å². The van der Waals surface area contributed by atoms with Crippen molar-refractivity contribution in [1.82, 2.24) is 9.97 Å². The first-order valence-electron chi connectivity index (χ1n) is 7.32. The molecule has 2 unspecified atom stereocenters. The van der Waals surface area contributed by atoms with Crippen LogP contribution in [0.3, 0.4) is 0 Å². The van der Waals surface area contributed by atoms with Gasteiger partial charge in [0.25, 0.3) is 0 Å². The number of β-amino-alcohol motifs (C(OH)–C–C–N with tert-alkyl or cyclic N) is 1. The van der Waals surface area contributed by atoms with Crippen molar-refractivity contribution in [3.8, 4) is 5.88 Å². The number of anilines is 1. The van der Waals surface area contributed by atoms with Crippen molar-refractivity contribution in [2.24, 2.45) is 0 Å². The van der Waals surface area contributed by atoms with Gasteiger partial charge in [-0.25, -0.2) is 14.4 Å². The molecule has 0 saturated carbocycles. The van der Waals surface area contributed by atoms with E-state index in [1.807, 2.05) is 17.9 Å². The van der Waals surface area contributed by atoms with Gasteiger partial charge >= 0.3 is 0 Å². The van der Waals surface area contributed by atoms with Crippen LogP contribution in [0.15, 0.2) is 36.7 Å². The normalized spacial score (nSPS) is 21.1. The first-order chi connectivity index (χ1) is 10.7. The maximum Gasteiger partial charge on any atom is 0.218 e. The van der Waals surface area contributed by atoms with E-state index in [1.54, 1.807) is 12.1 Å². The van der Waals surface area contributed by atoms with Gasteiger partial charge in [-0.2, -0.15) is 0 Å². The summed E-state index contributed by atoms with van der Waals surface area (Å²) in [6.45, 7) is 2.85. The van der Waals surface area contributed by atoms with Crippen LogP contribution in [0.5, 0.6) is 5.88 Å². The molecule has 1 saturated heterocycles. The minimum Gasteiger partial charge on any atom is -0.478 e. The molecular weight excluding hydrogens is 285 g/mol. The van der Waals surface area contributed by atoms with Crippen molar-refractivity contribution in [2.75, 3.05) is 18.1 Å². The van der Waals surface area contributed by atoms with E-state index in [4.69, 9.17) is 4.74 Å². The highest BCUT2D eigenvalue weighted by Crippen LogP contribution is 2.36. The van der Waals surface area contributed by atoms with Gasteiger partial charge in [0.2, 0.25) is 5.88 Å². The van der Waals surface area contributed by atoms with Crippen molar-refractivity contribution >= 4 is 5.82 Å². The van der Waals surface area contributed by atoms with E-state index in [0.717, 1.165) is 5.56 Å². The Morgan fingerprint density at radius 2 is 2.23 bits per heavy atom. The molecule has 0 spiro atoms. The molecule has 0 aliphatic carbocycles. The molecular formula is C16H18FN3O2. The van der Waals surface area contributed by atoms with Crippen molar-refractivity contribution in [2.45, 2.75) is 25.5 Å². The second kappa shape index (κ2) is 6.27. The van der Waals surface area contributed by atoms with Crippen LogP contribution in [0.4, 0.5) is 10.2 Å². The zero-order valence-electron chi connectivity index (χ0n) is 12.3. The second-order valence-electron chi connectivity index (χ2n) is 5.26. The van der Waals surface area contributed by atoms with Gasteiger partial charge in [-0.1, -0.05) is 12.1 Å². The van der Waals surface area contributed by atoms with Crippen LogP contribution in [0, 0.1) is 5.82 Å². The van der Waals surface area contributed by atoms with Gasteiger partial charge < -0.3 is 14.7 Å². The molecule has 5 nitrogen and oxygen atoms in total. The summed E-state index contributed by atoms with van der Waals surface area (Å²) in [6.07, 6.45) is 1.50. The number of aliphatic hydroxyl groups excluding tert-OH is 1. The fourth-order valence-corrected chi connectivity index (χ4v) is 2.81. The van der Waals surface area contributed by atoms with Crippen LogP contribution in [0.2, 0.25) is 0 Å². The van der Waals surface area contributed by atoms with Crippen LogP contribution >= 0.6 is 0 Å². The number of halogens is 1. The van der Waals surface area contributed by atoms with Crippen molar-refractivity contribution < 1.29 is 14.2 Å². The maximum atomic E-state index is 13.5. The molecule has 3 rings (SSSR count). The van der Waals surface area contributed by atoms with Gasteiger partial charge in [-0.15, -0.1) is 0 Å². The summed E-state index contributed by atoms with van der Waals surface area (Å²) in [6, 6.07) is 8.09. The third-order valence-electron chi connectivity index (χ3n) is 3.73. The standard InChI is InChI=1S/C16H18FN3O2/c1-2-22-16-8-15(18-10-19-16)20-9-13(21)7-14(20)11-4-3-5-12(17)6-11/h3-6,8,10,13-14,21H,2,7,9H2,1H3. The van der Waals surface area contributed by atoms with E-state index >= 15 is 0 Å². The first-order valence-corrected chi connectivity index (χ1v) is 7.32. The molecule has 1 aliphatic heterocycles. The second-order valence-corrected chi connectivity index (χ2v) is 5.26. The van der Waals surface area contributed by atoms with Crippen molar-refractivity contribution in [3.63, 3.8) is 0 Å². The molecule has 116 valence electrons. The Morgan fingerprint density at radius 1 is 1.36 bits per heavy atom. The van der Waals surface area contributed by atoms with E-state index in [2.05, 4.69) is 9.97 Å². The fourth-order valence-electron chi connectivity index (χ4n) is 2.81. The molecule has 22 heavy (non-hydrogen) atoms. The number of ether oxygens (including phenoxy) is 1. The Morgan fingerprint density at radius 3 is 3.00 bits per heavy atom. The Labute approximate surface area is 128 Å². The van der Waals surface area contributed by atoms with Crippen LogP contribution in [-0.4, -0.2) is 34.3 Å². The molecule has 2 heterocycles. The zero-order valence-corrected chi connectivity index (χ0v) is 12.3. The summed E-state index contributed by atoms with van der Waals surface area (Å²) in [7, 11) is 0. The Bertz CT molecular complexity index is 653. The van der Waals surface area contributed by atoms with Crippen LogP contribution < -0.4 is 9.64 Å². The molecule has 1 aromatic carbocycles. The Kier molecular flexibility index (Phi) is 4.20. The lowest BCUT2D eigenvalue weighted by molar-refractivity contribution is 0.194. The summed E-state index contributed by atoms with van der Waals surface area (Å²) in [5, 5.41) is 10.0. The number of hydrogen-bond acceptors (Lipinski definition) is 5. The Balaban J connectivity index is 1.92. The fraction of sp³-hybridized carbons (Fsp3) is 0.375. The third kappa shape index (κ3) is 3.01. The highest BCUT2D eigenvalue weighted by Gasteiger charge is 2.33. The summed E-state index contributed by atoms with van der Waals surface area (Å²) < 4.78 is 18.9. The molecule has 6 heteroatoms. The number of aromatic nitrogens is 2. The van der Waals surface area contributed by atoms with Gasteiger partial charge in [0.15, 0.2) is 0 Å². The lowest BCUT2D eigenvalue weighted by Crippen LogP contribution is -2.25. The third-order valence-corrected chi connectivity index (χ3v) is 3.73. The average molecular weight is 303 g/mol. The predicted molar refractivity (Wildman–Crippen MR) is 80.3 cm³/mol. The number of hydrogen-bond donors (Lipinski definition) is 1. The molecule has 1 aliphatic rings. The minimum atomic E-state index is -0.473. The Hall–Kier alpha value is -2.21.